The normalized spacial score (nSPS) is 20.9. The first-order valence-corrected chi connectivity index (χ1v) is 9.84. The predicted octanol–water partition coefficient (Wildman–Crippen LogP) is 2.80. The zero-order valence-electron chi connectivity index (χ0n) is 14.5. The van der Waals surface area contributed by atoms with Gasteiger partial charge in [-0.25, -0.2) is 0 Å². The SMILES string of the molecule is CCO[Si](OCC)(OCC)C(CC)(OC)C1(CC)COC1. The van der Waals surface area contributed by atoms with E-state index in [1.165, 1.54) is 0 Å². The molecule has 1 heterocycles. The van der Waals surface area contributed by atoms with E-state index in [9.17, 15) is 0 Å². The van der Waals surface area contributed by atoms with Crippen molar-refractivity contribution >= 4 is 8.80 Å². The van der Waals surface area contributed by atoms with E-state index in [0.717, 1.165) is 12.8 Å². The van der Waals surface area contributed by atoms with Gasteiger partial charge in [-0.1, -0.05) is 13.8 Å². The number of hydrogen-bond acceptors (Lipinski definition) is 5. The molecule has 1 unspecified atom stereocenters. The van der Waals surface area contributed by atoms with Gasteiger partial charge < -0.3 is 22.8 Å². The van der Waals surface area contributed by atoms with Gasteiger partial charge in [-0.2, -0.15) is 0 Å². The lowest BCUT2D eigenvalue weighted by molar-refractivity contribution is -0.227. The number of ether oxygens (including phenoxy) is 2. The molecule has 0 aromatic rings. The molecule has 1 rings (SSSR count). The highest BCUT2D eigenvalue weighted by Gasteiger charge is 2.72. The van der Waals surface area contributed by atoms with Crippen molar-refractivity contribution in [1.82, 2.24) is 0 Å². The van der Waals surface area contributed by atoms with Crippen molar-refractivity contribution in [2.24, 2.45) is 5.41 Å². The quantitative estimate of drug-likeness (QED) is 0.548. The van der Waals surface area contributed by atoms with Crippen LogP contribution in [0.2, 0.25) is 0 Å². The molecule has 1 aliphatic heterocycles. The summed E-state index contributed by atoms with van der Waals surface area (Å²) in [6, 6.07) is 0. The van der Waals surface area contributed by atoms with Gasteiger partial charge in [-0.15, -0.1) is 0 Å². The summed E-state index contributed by atoms with van der Waals surface area (Å²) < 4.78 is 30.1. The number of rotatable bonds is 11. The summed E-state index contributed by atoms with van der Waals surface area (Å²) in [7, 11) is -1.26. The van der Waals surface area contributed by atoms with Crippen LogP contribution < -0.4 is 0 Å². The summed E-state index contributed by atoms with van der Waals surface area (Å²) in [5.41, 5.74) is -0.0950. The van der Waals surface area contributed by atoms with Crippen LogP contribution in [0.25, 0.3) is 0 Å². The van der Waals surface area contributed by atoms with Gasteiger partial charge in [0.25, 0.3) is 0 Å². The van der Waals surface area contributed by atoms with Crippen molar-refractivity contribution in [3.05, 3.63) is 0 Å². The van der Waals surface area contributed by atoms with Crippen LogP contribution in [0, 0.1) is 5.41 Å². The van der Waals surface area contributed by atoms with Crippen LogP contribution in [-0.2, 0) is 22.8 Å². The fraction of sp³-hybridized carbons (Fsp3) is 1.00. The van der Waals surface area contributed by atoms with E-state index in [4.69, 9.17) is 22.8 Å². The van der Waals surface area contributed by atoms with Crippen LogP contribution in [0.15, 0.2) is 0 Å². The topological polar surface area (TPSA) is 46.2 Å². The Balaban J connectivity index is 3.35. The maximum Gasteiger partial charge on any atom is 0.535 e. The molecule has 1 aliphatic rings. The van der Waals surface area contributed by atoms with Crippen LogP contribution >= 0.6 is 0 Å². The van der Waals surface area contributed by atoms with E-state index in [0.29, 0.717) is 33.0 Å². The highest BCUT2D eigenvalue weighted by Crippen LogP contribution is 2.51. The standard InChI is InChI=1S/C15H32O5Si/c1-7-14(12-17-13-14)15(8-2,16-6)21(18-9-3,19-10-4)20-11-5/h7-13H2,1-6H3. The molecule has 0 saturated carbocycles. The average molecular weight is 321 g/mol. The Morgan fingerprint density at radius 1 is 0.952 bits per heavy atom. The van der Waals surface area contributed by atoms with Crippen molar-refractivity contribution in [2.45, 2.75) is 52.7 Å². The van der Waals surface area contributed by atoms with E-state index < -0.39 is 14.0 Å². The molecule has 6 heteroatoms. The lowest BCUT2D eigenvalue weighted by atomic mass is 9.75. The highest BCUT2D eigenvalue weighted by atomic mass is 28.4. The Labute approximate surface area is 130 Å². The van der Waals surface area contributed by atoms with E-state index in [2.05, 4.69) is 13.8 Å². The predicted molar refractivity (Wildman–Crippen MR) is 84.2 cm³/mol. The van der Waals surface area contributed by atoms with Gasteiger partial charge in [-0.05, 0) is 33.6 Å². The van der Waals surface area contributed by atoms with Crippen LogP contribution in [0.5, 0.6) is 0 Å². The molecule has 0 aromatic carbocycles. The first kappa shape index (κ1) is 19.1. The molecule has 1 fully saturated rings. The molecular weight excluding hydrogens is 288 g/mol. The zero-order chi connectivity index (χ0) is 16.0. The number of methoxy groups -OCH3 is 1. The zero-order valence-corrected chi connectivity index (χ0v) is 15.5. The molecule has 0 N–H and O–H groups in total. The minimum Gasteiger partial charge on any atom is -0.380 e. The summed E-state index contributed by atoms with van der Waals surface area (Å²) in [5, 5.41) is -0.560. The van der Waals surface area contributed by atoms with Crippen LogP contribution in [0.4, 0.5) is 0 Å². The Hall–Kier alpha value is 0.0169. The van der Waals surface area contributed by atoms with Crippen LogP contribution in [0.3, 0.4) is 0 Å². The third-order valence-corrected chi connectivity index (χ3v) is 8.72. The third kappa shape index (κ3) is 2.94. The van der Waals surface area contributed by atoms with Crippen molar-refractivity contribution in [1.29, 1.82) is 0 Å². The molecular formula is C15H32O5Si. The lowest BCUT2D eigenvalue weighted by Crippen LogP contribution is -2.76. The molecule has 1 saturated heterocycles. The van der Waals surface area contributed by atoms with Crippen LogP contribution in [-0.4, -0.2) is 54.2 Å². The maximum absolute atomic E-state index is 6.16. The Kier molecular flexibility index (Phi) is 7.29. The van der Waals surface area contributed by atoms with Crippen molar-refractivity contribution in [3.63, 3.8) is 0 Å². The highest BCUT2D eigenvalue weighted by molar-refractivity contribution is 6.64. The smallest absolute Gasteiger partial charge is 0.380 e. The van der Waals surface area contributed by atoms with Crippen molar-refractivity contribution < 1.29 is 22.8 Å². The van der Waals surface area contributed by atoms with Gasteiger partial charge in [0.15, 0.2) is 0 Å². The molecule has 0 bridgehead atoms. The monoisotopic (exact) mass is 320 g/mol. The first-order chi connectivity index (χ1) is 10.1. The van der Waals surface area contributed by atoms with Gasteiger partial charge in [-0.3, -0.25) is 0 Å². The summed E-state index contributed by atoms with van der Waals surface area (Å²) in [5.74, 6) is 0. The molecule has 126 valence electrons. The Morgan fingerprint density at radius 2 is 1.43 bits per heavy atom. The van der Waals surface area contributed by atoms with Crippen molar-refractivity contribution in [2.75, 3.05) is 40.1 Å². The molecule has 21 heavy (non-hydrogen) atoms. The van der Waals surface area contributed by atoms with E-state index >= 15 is 0 Å². The minimum atomic E-state index is -3.00. The van der Waals surface area contributed by atoms with Gasteiger partial charge >= 0.3 is 8.80 Å². The summed E-state index contributed by atoms with van der Waals surface area (Å²) in [6.07, 6.45) is 1.74. The second-order valence-corrected chi connectivity index (χ2v) is 8.15. The fourth-order valence-electron chi connectivity index (χ4n) is 3.52. The largest absolute Gasteiger partial charge is 0.535 e. The third-order valence-electron chi connectivity index (χ3n) is 4.63. The Bertz CT molecular complexity index is 280. The summed E-state index contributed by atoms with van der Waals surface area (Å²) in [4.78, 5) is 0. The molecule has 5 nitrogen and oxygen atoms in total. The second-order valence-electron chi connectivity index (χ2n) is 5.37. The first-order valence-electron chi connectivity index (χ1n) is 8.12. The maximum atomic E-state index is 6.16. The van der Waals surface area contributed by atoms with Gasteiger partial charge in [0.2, 0.25) is 0 Å². The van der Waals surface area contributed by atoms with Crippen molar-refractivity contribution in [3.8, 4) is 0 Å². The molecule has 0 radical (unpaired) electrons. The van der Waals surface area contributed by atoms with E-state index in [1.807, 2.05) is 20.8 Å². The average Bonchev–Trinajstić information content (AvgIpc) is 2.43. The molecule has 0 aromatic heterocycles. The molecule has 1 atom stereocenters. The number of hydrogen-bond donors (Lipinski definition) is 0. The fourth-order valence-corrected chi connectivity index (χ4v) is 7.26. The second kappa shape index (κ2) is 8.03. The minimum absolute atomic E-state index is 0.0950. The Morgan fingerprint density at radius 3 is 1.62 bits per heavy atom. The summed E-state index contributed by atoms with van der Waals surface area (Å²) in [6.45, 7) is 13.2. The molecule has 0 aliphatic carbocycles. The van der Waals surface area contributed by atoms with Crippen LogP contribution in [0.1, 0.15) is 47.5 Å². The summed E-state index contributed by atoms with van der Waals surface area (Å²) >= 11 is 0. The van der Waals surface area contributed by atoms with E-state index in [1.54, 1.807) is 7.11 Å². The van der Waals surface area contributed by atoms with Gasteiger partial charge in [0, 0.05) is 26.9 Å². The van der Waals surface area contributed by atoms with Gasteiger partial charge in [0.1, 0.15) is 5.22 Å². The van der Waals surface area contributed by atoms with E-state index in [-0.39, 0.29) is 5.41 Å². The lowest BCUT2D eigenvalue weighted by Gasteiger charge is -2.58. The molecule has 0 amide bonds. The molecule has 0 spiro atoms. The van der Waals surface area contributed by atoms with Gasteiger partial charge in [0.05, 0.1) is 18.6 Å².